The van der Waals surface area contributed by atoms with Gasteiger partial charge in [0, 0.05) is 18.0 Å². The number of benzene rings is 1. The number of nitrogens with zero attached hydrogens (tertiary/aromatic N) is 2. The van der Waals surface area contributed by atoms with Crippen LogP contribution in [-0.2, 0) is 0 Å². The van der Waals surface area contributed by atoms with E-state index in [0.29, 0.717) is 5.56 Å². The number of carbonyl (C=O) groups is 1. The maximum absolute atomic E-state index is 10.8. The SMILES string of the molecule is Cc1ccc(C=O)c(-n2cccn2)c1. The Bertz CT molecular complexity index is 446. The molecule has 0 saturated carbocycles. The summed E-state index contributed by atoms with van der Waals surface area (Å²) in [6, 6.07) is 7.49. The maximum Gasteiger partial charge on any atom is 0.152 e. The van der Waals surface area contributed by atoms with Gasteiger partial charge in [-0.3, -0.25) is 4.79 Å². The minimum atomic E-state index is 0.652. The Balaban J connectivity index is 2.61. The third kappa shape index (κ3) is 1.44. The van der Waals surface area contributed by atoms with E-state index in [0.717, 1.165) is 17.5 Å². The zero-order valence-electron chi connectivity index (χ0n) is 7.84. The quantitative estimate of drug-likeness (QED) is 0.672. The first-order valence-corrected chi connectivity index (χ1v) is 4.37. The highest BCUT2D eigenvalue weighted by Crippen LogP contribution is 2.13. The fourth-order valence-electron chi connectivity index (χ4n) is 1.36. The number of aromatic nitrogens is 2. The van der Waals surface area contributed by atoms with Crippen LogP contribution in [-0.4, -0.2) is 16.1 Å². The summed E-state index contributed by atoms with van der Waals surface area (Å²) < 4.78 is 1.69. The lowest BCUT2D eigenvalue weighted by Crippen LogP contribution is -1.99. The van der Waals surface area contributed by atoms with E-state index in [1.807, 2.05) is 31.3 Å². The number of hydrogen-bond acceptors (Lipinski definition) is 2. The van der Waals surface area contributed by atoms with Crippen LogP contribution in [0.4, 0.5) is 0 Å². The molecule has 2 rings (SSSR count). The van der Waals surface area contributed by atoms with E-state index in [2.05, 4.69) is 5.10 Å². The highest BCUT2D eigenvalue weighted by Gasteiger charge is 2.03. The molecule has 70 valence electrons. The normalized spacial score (nSPS) is 10.1. The highest BCUT2D eigenvalue weighted by molar-refractivity contribution is 5.80. The van der Waals surface area contributed by atoms with E-state index in [4.69, 9.17) is 0 Å². The average molecular weight is 186 g/mol. The molecule has 0 atom stereocenters. The lowest BCUT2D eigenvalue weighted by atomic mass is 10.1. The lowest BCUT2D eigenvalue weighted by Gasteiger charge is -2.05. The van der Waals surface area contributed by atoms with Crippen molar-refractivity contribution >= 4 is 6.29 Å². The molecule has 1 heterocycles. The zero-order valence-corrected chi connectivity index (χ0v) is 7.84. The fourth-order valence-corrected chi connectivity index (χ4v) is 1.36. The second-order valence-corrected chi connectivity index (χ2v) is 3.13. The van der Waals surface area contributed by atoms with Crippen molar-refractivity contribution in [1.29, 1.82) is 0 Å². The van der Waals surface area contributed by atoms with Crippen LogP contribution in [0.2, 0.25) is 0 Å². The van der Waals surface area contributed by atoms with Crippen LogP contribution in [0.15, 0.2) is 36.7 Å². The van der Waals surface area contributed by atoms with E-state index in [1.54, 1.807) is 16.9 Å². The van der Waals surface area contributed by atoms with Gasteiger partial charge in [0.1, 0.15) is 0 Å². The summed E-state index contributed by atoms with van der Waals surface area (Å²) >= 11 is 0. The fraction of sp³-hybridized carbons (Fsp3) is 0.0909. The van der Waals surface area contributed by atoms with Crippen LogP contribution in [0.25, 0.3) is 5.69 Å². The number of hydrogen-bond donors (Lipinski definition) is 0. The Morgan fingerprint density at radius 1 is 1.43 bits per heavy atom. The molecule has 3 heteroatoms. The number of carbonyl (C=O) groups excluding carboxylic acids is 1. The van der Waals surface area contributed by atoms with Gasteiger partial charge in [0.25, 0.3) is 0 Å². The van der Waals surface area contributed by atoms with Gasteiger partial charge in [-0.15, -0.1) is 0 Å². The molecule has 3 nitrogen and oxygen atoms in total. The van der Waals surface area contributed by atoms with Crippen molar-refractivity contribution in [2.45, 2.75) is 6.92 Å². The van der Waals surface area contributed by atoms with Gasteiger partial charge in [-0.05, 0) is 30.7 Å². The van der Waals surface area contributed by atoms with Crippen molar-refractivity contribution in [1.82, 2.24) is 9.78 Å². The summed E-state index contributed by atoms with van der Waals surface area (Å²) in [4.78, 5) is 10.8. The predicted octanol–water partition coefficient (Wildman–Crippen LogP) is 1.99. The van der Waals surface area contributed by atoms with Crippen molar-refractivity contribution in [3.63, 3.8) is 0 Å². The molecule has 14 heavy (non-hydrogen) atoms. The lowest BCUT2D eigenvalue weighted by molar-refractivity contribution is 0.112. The standard InChI is InChI=1S/C11H10N2O/c1-9-3-4-10(8-14)11(7-9)13-6-2-5-12-13/h2-8H,1H3. The van der Waals surface area contributed by atoms with Gasteiger partial charge < -0.3 is 0 Å². The number of aryl methyl sites for hydroxylation is 1. The summed E-state index contributed by atoms with van der Waals surface area (Å²) in [5, 5.41) is 4.09. The summed E-state index contributed by atoms with van der Waals surface area (Å²) in [6.07, 6.45) is 4.36. The van der Waals surface area contributed by atoms with Crippen LogP contribution in [0.5, 0.6) is 0 Å². The van der Waals surface area contributed by atoms with Gasteiger partial charge in [-0.1, -0.05) is 6.07 Å². The average Bonchev–Trinajstić information content (AvgIpc) is 2.70. The minimum absolute atomic E-state index is 0.652. The van der Waals surface area contributed by atoms with Crippen molar-refractivity contribution in [2.75, 3.05) is 0 Å². The molecule has 0 radical (unpaired) electrons. The van der Waals surface area contributed by atoms with E-state index in [1.165, 1.54) is 0 Å². The van der Waals surface area contributed by atoms with Crippen molar-refractivity contribution in [2.24, 2.45) is 0 Å². The third-order valence-electron chi connectivity index (χ3n) is 2.06. The summed E-state index contributed by atoms with van der Waals surface area (Å²) in [6.45, 7) is 1.99. The Labute approximate surface area is 82.0 Å². The topological polar surface area (TPSA) is 34.9 Å². The molecule has 1 aromatic carbocycles. The van der Waals surface area contributed by atoms with Crippen LogP contribution in [0.3, 0.4) is 0 Å². The molecular weight excluding hydrogens is 176 g/mol. The molecule has 2 aromatic rings. The van der Waals surface area contributed by atoms with Gasteiger partial charge >= 0.3 is 0 Å². The molecular formula is C11H10N2O. The molecule has 0 saturated heterocycles. The smallest absolute Gasteiger partial charge is 0.152 e. The highest BCUT2D eigenvalue weighted by atomic mass is 16.1. The Hall–Kier alpha value is -1.90. The Morgan fingerprint density at radius 3 is 2.93 bits per heavy atom. The van der Waals surface area contributed by atoms with Crippen LogP contribution in [0, 0.1) is 6.92 Å². The summed E-state index contributed by atoms with van der Waals surface area (Å²) in [7, 11) is 0. The number of rotatable bonds is 2. The van der Waals surface area contributed by atoms with E-state index in [-0.39, 0.29) is 0 Å². The van der Waals surface area contributed by atoms with E-state index >= 15 is 0 Å². The van der Waals surface area contributed by atoms with Crippen LogP contribution < -0.4 is 0 Å². The van der Waals surface area contributed by atoms with E-state index < -0.39 is 0 Å². The van der Waals surface area contributed by atoms with Crippen molar-refractivity contribution < 1.29 is 4.79 Å². The second-order valence-electron chi connectivity index (χ2n) is 3.13. The van der Waals surface area contributed by atoms with Crippen LogP contribution >= 0.6 is 0 Å². The molecule has 0 amide bonds. The Morgan fingerprint density at radius 2 is 2.29 bits per heavy atom. The first-order chi connectivity index (χ1) is 6.81. The van der Waals surface area contributed by atoms with Gasteiger partial charge in [0.2, 0.25) is 0 Å². The summed E-state index contributed by atoms with van der Waals surface area (Å²) in [5.74, 6) is 0. The first-order valence-electron chi connectivity index (χ1n) is 4.37. The second kappa shape index (κ2) is 3.46. The van der Waals surface area contributed by atoms with Crippen molar-refractivity contribution in [3.8, 4) is 5.69 Å². The third-order valence-corrected chi connectivity index (χ3v) is 2.06. The van der Waals surface area contributed by atoms with Crippen LogP contribution in [0.1, 0.15) is 15.9 Å². The Kier molecular flexibility index (Phi) is 2.14. The zero-order chi connectivity index (χ0) is 9.97. The molecule has 0 aliphatic carbocycles. The molecule has 0 aliphatic rings. The van der Waals surface area contributed by atoms with Gasteiger partial charge in [0.05, 0.1) is 5.69 Å². The van der Waals surface area contributed by atoms with E-state index in [9.17, 15) is 4.79 Å². The predicted molar refractivity (Wildman–Crippen MR) is 53.7 cm³/mol. The largest absolute Gasteiger partial charge is 0.298 e. The summed E-state index contributed by atoms with van der Waals surface area (Å²) in [5.41, 5.74) is 2.59. The first kappa shape index (κ1) is 8.69. The molecule has 0 bridgehead atoms. The van der Waals surface area contributed by atoms with Crippen molar-refractivity contribution in [3.05, 3.63) is 47.8 Å². The molecule has 1 aromatic heterocycles. The molecule has 0 N–H and O–H groups in total. The monoisotopic (exact) mass is 186 g/mol. The van der Waals surface area contributed by atoms with Gasteiger partial charge in [-0.2, -0.15) is 5.10 Å². The minimum Gasteiger partial charge on any atom is -0.298 e. The molecule has 0 spiro atoms. The molecule has 0 aliphatic heterocycles. The van der Waals surface area contributed by atoms with Gasteiger partial charge in [-0.25, -0.2) is 4.68 Å². The maximum atomic E-state index is 10.8. The molecule has 0 unspecified atom stereocenters. The number of aldehydes is 1. The van der Waals surface area contributed by atoms with Gasteiger partial charge in [0.15, 0.2) is 6.29 Å². The molecule has 0 fully saturated rings.